The Morgan fingerprint density at radius 2 is 2.04 bits per heavy atom. The fourth-order valence-corrected chi connectivity index (χ4v) is 5.99. The van der Waals surface area contributed by atoms with Crippen molar-refractivity contribution in [1.29, 1.82) is 0 Å². The minimum absolute atomic E-state index is 0.0637. The van der Waals surface area contributed by atoms with Gasteiger partial charge in [0.2, 0.25) is 10.0 Å². The summed E-state index contributed by atoms with van der Waals surface area (Å²) in [6.45, 7) is 2.47. The van der Waals surface area contributed by atoms with Crippen molar-refractivity contribution in [3.05, 3.63) is 63.3 Å². The Kier molecular flexibility index (Phi) is 4.46. The third-order valence-corrected chi connectivity index (χ3v) is 7.34. The molecule has 5 nitrogen and oxygen atoms in total. The van der Waals surface area contributed by atoms with Gasteiger partial charge < -0.3 is 0 Å². The number of sulfonamides is 1. The van der Waals surface area contributed by atoms with E-state index >= 15 is 0 Å². The second-order valence-electron chi connectivity index (χ2n) is 6.51. The third kappa shape index (κ3) is 3.00. The average Bonchev–Trinajstić information content (AvgIpc) is 2.96. The van der Waals surface area contributed by atoms with Crippen LogP contribution < -0.4 is 9.60 Å². The molecule has 1 atom stereocenters. The molecule has 1 N–H and O–H groups in total. The molecule has 3 aromatic rings. The van der Waals surface area contributed by atoms with E-state index in [0.29, 0.717) is 11.2 Å². The van der Waals surface area contributed by atoms with E-state index in [4.69, 9.17) is 0 Å². The van der Waals surface area contributed by atoms with Crippen molar-refractivity contribution in [2.75, 3.05) is 0 Å². The summed E-state index contributed by atoms with van der Waals surface area (Å²) >= 11 is 1.08. The monoisotopic (exact) mass is 388 g/mol. The Labute approximate surface area is 156 Å². The molecule has 0 amide bonds. The molecule has 0 saturated heterocycles. The highest BCUT2D eigenvalue weighted by atomic mass is 32.2. The average molecular weight is 389 g/mol. The number of aromatic nitrogens is 1. The molecular weight excluding hydrogens is 368 g/mol. The van der Waals surface area contributed by atoms with E-state index in [1.165, 1.54) is 5.56 Å². The molecule has 1 aliphatic rings. The van der Waals surface area contributed by atoms with Gasteiger partial charge in [0.1, 0.15) is 0 Å². The maximum absolute atomic E-state index is 12.9. The van der Waals surface area contributed by atoms with E-state index in [0.717, 1.165) is 41.7 Å². The number of benzene rings is 2. The Bertz CT molecular complexity index is 1130. The van der Waals surface area contributed by atoms with Gasteiger partial charge in [-0.05, 0) is 55.5 Å². The Morgan fingerprint density at radius 1 is 1.23 bits per heavy atom. The normalized spacial score (nSPS) is 17.3. The van der Waals surface area contributed by atoms with Crippen molar-refractivity contribution in [2.24, 2.45) is 0 Å². The number of aryl methyl sites for hydroxylation is 2. The highest BCUT2D eigenvalue weighted by Crippen LogP contribution is 2.31. The maximum atomic E-state index is 12.9. The van der Waals surface area contributed by atoms with Crippen LogP contribution in [0.1, 0.15) is 36.9 Å². The van der Waals surface area contributed by atoms with Crippen LogP contribution in [0.4, 0.5) is 0 Å². The van der Waals surface area contributed by atoms with Crippen molar-refractivity contribution in [2.45, 2.75) is 43.7 Å². The summed E-state index contributed by atoms with van der Waals surface area (Å²) in [5, 5.41) is 0. The van der Waals surface area contributed by atoms with Crippen molar-refractivity contribution in [3.8, 4) is 0 Å². The summed E-state index contributed by atoms with van der Waals surface area (Å²) in [6.07, 6.45) is 2.74. The molecule has 0 aliphatic heterocycles. The number of rotatable bonds is 4. The van der Waals surface area contributed by atoms with Gasteiger partial charge in [-0.15, -0.1) is 0 Å². The first-order valence-electron chi connectivity index (χ1n) is 8.73. The van der Waals surface area contributed by atoms with Crippen LogP contribution >= 0.6 is 11.3 Å². The summed E-state index contributed by atoms with van der Waals surface area (Å²) in [6, 6.07) is 12.7. The van der Waals surface area contributed by atoms with E-state index in [1.54, 1.807) is 22.8 Å². The number of hydrogen-bond acceptors (Lipinski definition) is 4. The first-order valence-corrected chi connectivity index (χ1v) is 11.0. The van der Waals surface area contributed by atoms with Gasteiger partial charge in [0.15, 0.2) is 0 Å². The Hall–Kier alpha value is -1.96. The van der Waals surface area contributed by atoms with Crippen LogP contribution in [0.25, 0.3) is 10.2 Å². The highest BCUT2D eigenvalue weighted by molar-refractivity contribution is 7.89. The van der Waals surface area contributed by atoms with Crippen LogP contribution in [0, 0.1) is 0 Å². The molecule has 1 heterocycles. The predicted molar refractivity (Wildman–Crippen MR) is 104 cm³/mol. The predicted octanol–water partition coefficient (Wildman–Crippen LogP) is 3.44. The molecular formula is C19H20N2O3S2. The van der Waals surface area contributed by atoms with Gasteiger partial charge in [-0.2, -0.15) is 0 Å². The van der Waals surface area contributed by atoms with Crippen molar-refractivity contribution >= 4 is 31.6 Å². The van der Waals surface area contributed by atoms with E-state index in [1.807, 2.05) is 25.1 Å². The summed E-state index contributed by atoms with van der Waals surface area (Å²) in [5.41, 5.74) is 3.05. The SMILES string of the molecule is CCn1c(=O)sc2cc(S(=O)(=O)N[C@@H]3CCCc4ccccc43)ccc21. The molecule has 1 aromatic heterocycles. The molecule has 0 bridgehead atoms. The number of fused-ring (bicyclic) bond motifs is 2. The van der Waals surface area contributed by atoms with Gasteiger partial charge in [0.05, 0.1) is 15.1 Å². The minimum atomic E-state index is -3.66. The molecule has 136 valence electrons. The summed E-state index contributed by atoms with van der Waals surface area (Å²) in [7, 11) is -3.66. The lowest BCUT2D eigenvalue weighted by Gasteiger charge is -2.26. The standard InChI is InChI=1S/C19H20N2O3S2/c1-2-21-17-11-10-14(12-18(17)25-19(21)22)26(23,24)20-16-9-5-7-13-6-3-4-8-15(13)16/h3-4,6,8,10-12,16,20H,2,5,7,9H2,1H3/t16-/m1/s1. The van der Waals surface area contributed by atoms with Crippen molar-refractivity contribution in [3.63, 3.8) is 0 Å². The van der Waals surface area contributed by atoms with E-state index < -0.39 is 10.0 Å². The van der Waals surface area contributed by atoms with Gasteiger partial charge in [0, 0.05) is 12.6 Å². The number of thiazole rings is 1. The molecule has 0 saturated carbocycles. The molecule has 7 heteroatoms. The molecule has 0 unspecified atom stereocenters. The lowest BCUT2D eigenvalue weighted by Crippen LogP contribution is -2.31. The summed E-state index contributed by atoms with van der Waals surface area (Å²) in [4.78, 5) is 12.1. The lowest BCUT2D eigenvalue weighted by atomic mass is 9.88. The van der Waals surface area contributed by atoms with Gasteiger partial charge in [-0.3, -0.25) is 9.36 Å². The van der Waals surface area contributed by atoms with E-state index in [2.05, 4.69) is 10.8 Å². The zero-order valence-corrected chi connectivity index (χ0v) is 16.1. The van der Waals surface area contributed by atoms with Crippen LogP contribution in [0.5, 0.6) is 0 Å². The number of nitrogens with zero attached hydrogens (tertiary/aromatic N) is 1. The van der Waals surface area contributed by atoms with E-state index in [9.17, 15) is 13.2 Å². The van der Waals surface area contributed by atoms with E-state index in [-0.39, 0.29) is 15.8 Å². The molecule has 0 spiro atoms. The first kappa shape index (κ1) is 17.5. The molecule has 0 fully saturated rings. The zero-order chi connectivity index (χ0) is 18.3. The van der Waals surface area contributed by atoms with Crippen molar-refractivity contribution in [1.82, 2.24) is 9.29 Å². The van der Waals surface area contributed by atoms with Gasteiger partial charge in [0.25, 0.3) is 0 Å². The first-order chi connectivity index (χ1) is 12.5. The molecule has 1 aliphatic carbocycles. The summed E-state index contributed by atoms with van der Waals surface area (Å²) < 4.78 is 31.1. The Morgan fingerprint density at radius 3 is 2.85 bits per heavy atom. The fraction of sp³-hybridized carbons (Fsp3) is 0.316. The van der Waals surface area contributed by atoms with Crippen LogP contribution in [0.3, 0.4) is 0 Å². The van der Waals surface area contributed by atoms with Crippen LogP contribution in [-0.4, -0.2) is 13.0 Å². The quantitative estimate of drug-likeness (QED) is 0.744. The number of nitrogens with one attached hydrogen (secondary N) is 1. The summed E-state index contributed by atoms with van der Waals surface area (Å²) in [5.74, 6) is 0. The smallest absolute Gasteiger partial charge is 0.299 e. The van der Waals surface area contributed by atoms with Crippen molar-refractivity contribution < 1.29 is 8.42 Å². The molecule has 4 rings (SSSR count). The third-order valence-electron chi connectivity index (χ3n) is 4.93. The topological polar surface area (TPSA) is 68.2 Å². The van der Waals surface area contributed by atoms with Crippen LogP contribution in [0.15, 0.2) is 52.2 Å². The molecule has 0 radical (unpaired) electrons. The second kappa shape index (κ2) is 6.64. The second-order valence-corrected chi connectivity index (χ2v) is 9.21. The van der Waals surface area contributed by atoms with Gasteiger partial charge in [-0.1, -0.05) is 35.6 Å². The fourth-order valence-electron chi connectivity index (χ4n) is 3.64. The maximum Gasteiger partial charge on any atom is 0.308 e. The van der Waals surface area contributed by atoms with Gasteiger partial charge >= 0.3 is 4.87 Å². The Balaban J connectivity index is 1.69. The number of hydrogen-bond donors (Lipinski definition) is 1. The van der Waals surface area contributed by atoms with Gasteiger partial charge in [-0.25, -0.2) is 13.1 Å². The van der Waals surface area contributed by atoms with Crippen LogP contribution in [0.2, 0.25) is 0 Å². The largest absolute Gasteiger partial charge is 0.308 e. The molecule has 2 aromatic carbocycles. The zero-order valence-electron chi connectivity index (χ0n) is 14.4. The van der Waals surface area contributed by atoms with Crippen LogP contribution in [-0.2, 0) is 23.0 Å². The molecule has 26 heavy (non-hydrogen) atoms. The lowest BCUT2D eigenvalue weighted by molar-refractivity contribution is 0.507. The highest BCUT2D eigenvalue weighted by Gasteiger charge is 2.26. The minimum Gasteiger partial charge on any atom is -0.299 e.